The van der Waals surface area contributed by atoms with Crippen LogP contribution in [0.25, 0.3) is 0 Å². The first-order valence-electron chi connectivity index (χ1n) is 7.00. The van der Waals surface area contributed by atoms with Gasteiger partial charge in [-0.3, -0.25) is 4.79 Å². The predicted molar refractivity (Wildman–Crippen MR) is 76.3 cm³/mol. The Morgan fingerprint density at radius 3 is 2.60 bits per heavy atom. The summed E-state index contributed by atoms with van der Waals surface area (Å²) in [5.41, 5.74) is 0.370. The molecule has 0 radical (unpaired) electrons. The molecule has 1 unspecified atom stereocenters. The third-order valence-corrected chi connectivity index (χ3v) is 3.67. The van der Waals surface area contributed by atoms with Crippen LogP contribution >= 0.6 is 0 Å². The summed E-state index contributed by atoms with van der Waals surface area (Å²) in [6.45, 7) is 6.90. The zero-order chi connectivity index (χ0) is 14.8. The number of carboxylic acid groups (broad SMARTS) is 1. The molecule has 1 aromatic rings. The summed E-state index contributed by atoms with van der Waals surface area (Å²) < 4.78 is 11.4. The molecule has 0 aromatic heterocycles. The first-order valence-corrected chi connectivity index (χ1v) is 7.00. The van der Waals surface area contributed by atoms with Crippen LogP contribution in [-0.4, -0.2) is 24.3 Å². The van der Waals surface area contributed by atoms with E-state index in [4.69, 9.17) is 14.6 Å². The number of carbonyl (C=O) groups is 1. The Morgan fingerprint density at radius 1 is 1.30 bits per heavy atom. The van der Waals surface area contributed by atoms with Crippen molar-refractivity contribution >= 4 is 5.97 Å². The third kappa shape index (κ3) is 3.44. The van der Waals surface area contributed by atoms with Crippen molar-refractivity contribution in [2.24, 2.45) is 11.3 Å². The van der Waals surface area contributed by atoms with Crippen molar-refractivity contribution in [2.75, 3.05) is 13.2 Å². The van der Waals surface area contributed by atoms with Crippen LogP contribution in [0.2, 0.25) is 0 Å². The predicted octanol–water partition coefficient (Wildman–Crippen LogP) is 3.14. The van der Waals surface area contributed by atoms with Crippen molar-refractivity contribution in [3.63, 3.8) is 0 Å². The van der Waals surface area contributed by atoms with E-state index in [0.717, 1.165) is 17.1 Å². The average molecular weight is 278 g/mol. The summed E-state index contributed by atoms with van der Waals surface area (Å²) >= 11 is 0. The maximum atomic E-state index is 11.1. The van der Waals surface area contributed by atoms with E-state index >= 15 is 0 Å². The molecule has 0 saturated heterocycles. The molecule has 4 heteroatoms. The Hall–Kier alpha value is -1.71. The molecule has 1 atom stereocenters. The highest BCUT2D eigenvalue weighted by molar-refractivity contribution is 5.73. The highest BCUT2D eigenvalue weighted by Crippen LogP contribution is 2.32. The first kappa shape index (κ1) is 14.7. The number of aliphatic carboxylic acids is 1. The van der Waals surface area contributed by atoms with E-state index in [9.17, 15) is 4.79 Å². The SMILES string of the molecule is CC1COc2ccc(CCC(C)(C)C(=O)O)cc2OC1. The van der Waals surface area contributed by atoms with Crippen molar-refractivity contribution in [2.45, 2.75) is 33.6 Å². The minimum Gasteiger partial charge on any atom is -0.489 e. The van der Waals surface area contributed by atoms with Crippen LogP contribution in [0.1, 0.15) is 32.8 Å². The molecule has 1 aliphatic rings. The highest BCUT2D eigenvalue weighted by atomic mass is 16.5. The summed E-state index contributed by atoms with van der Waals surface area (Å²) in [7, 11) is 0. The number of benzene rings is 1. The van der Waals surface area contributed by atoms with E-state index in [1.165, 1.54) is 0 Å². The molecule has 110 valence electrons. The highest BCUT2D eigenvalue weighted by Gasteiger charge is 2.26. The lowest BCUT2D eigenvalue weighted by molar-refractivity contribution is -0.147. The van der Waals surface area contributed by atoms with Crippen LogP contribution < -0.4 is 9.47 Å². The van der Waals surface area contributed by atoms with Gasteiger partial charge in [-0.05, 0) is 44.4 Å². The molecular weight excluding hydrogens is 256 g/mol. The number of ether oxygens (including phenoxy) is 2. The van der Waals surface area contributed by atoms with Gasteiger partial charge in [-0.1, -0.05) is 13.0 Å². The van der Waals surface area contributed by atoms with E-state index in [-0.39, 0.29) is 0 Å². The normalized spacial score (nSPS) is 18.4. The number of aryl methyl sites for hydroxylation is 1. The molecule has 2 rings (SSSR count). The van der Waals surface area contributed by atoms with Gasteiger partial charge in [0.25, 0.3) is 0 Å². The molecule has 20 heavy (non-hydrogen) atoms. The fourth-order valence-electron chi connectivity index (χ4n) is 2.02. The van der Waals surface area contributed by atoms with Gasteiger partial charge in [0.05, 0.1) is 18.6 Å². The summed E-state index contributed by atoms with van der Waals surface area (Å²) in [6, 6.07) is 5.86. The molecule has 0 spiro atoms. The molecule has 1 heterocycles. The Balaban J connectivity index is 2.06. The molecular formula is C16H22O4. The monoisotopic (exact) mass is 278 g/mol. The maximum absolute atomic E-state index is 11.1. The van der Waals surface area contributed by atoms with Crippen molar-refractivity contribution < 1.29 is 19.4 Å². The summed E-state index contributed by atoms with van der Waals surface area (Å²) in [5, 5.41) is 9.13. The third-order valence-electron chi connectivity index (χ3n) is 3.67. The Bertz CT molecular complexity index is 493. The maximum Gasteiger partial charge on any atom is 0.309 e. The fourth-order valence-corrected chi connectivity index (χ4v) is 2.02. The molecule has 1 N–H and O–H groups in total. The van der Waals surface area contributed by atoms with Gasteiger partial charge >= 0.3 is 5.97 Å². The molecule has 0 fully saturated rings. The minimum atomic E-state index is -0.763. The Morgan fingerprint density at radius 2 is 1.95 bits per heavy atom. The molecule has 0 bridgehead atoms. The van der Waals surface area contributed by atoms with Gasteiger partial charge in [0.2, 0.25) is 0 Å². The number of carboxylic acids is 1. The van der Waals surface area contributed by atoms with Crippen molar-refractivity contribution in [1.82, 2.24) is 0 Å². The summed E-state index contributed by atoms with van der Waals surface area (Å²) in [5.74, 6) is 1.15. The molecule has 0 saturated carbocycles. The largest absolute Gasteiger partial charge is 0.489 e. The van der Waals surface area contributed by atoms with E-state index in [1.807, 2.05) is 18.2 Å². The standard InChI is InChI=1S/C16H22O4/c1-11-9-19-13-5-4-12(8-14(13)20-10-11)6-7-16(2,3)15(17)18/h4-5,8,11H,6-7,9-10H2,1-3H3,(H,17,18). The van der Waals surface area contributed by atoms with Crippen molar-refractivity contribution in [3.8, 4) is 11.5 Å². The molecule has 0 aliphatic carbocycles. The Labute approximate surface area is 119 Å². The van der Waals surface area contributed by atoms with Crippen LogP contribution in [0.4, 0.5) is 0 Å². The molecule has 0 amide bonds. The molecule has 1 aromatic carbocycles. The van der Waals surface area contributed by atoms with Crippen LogP contribution in [0.3, 0.4) is 0 Å². The van der Waals surface area contributed by atoms with Gasteiger partial charge in [0.1, 0.15) is 0 Å². The Kier molecular flexibility index (Phi) is 4.21. The van der Waals surface area contributed by atoms with Gasteiger partial charge in [-0.25, -0.2) is 0 Å². The minimum absolute atomic E-state index is 0.372. The van der Waals surface area contributed by atoms with Crippen molar-refractivity contribution in [3.05, 3.63) is 23.8 Å². The van der Waals surface area contributed by atoms with E-state index < -0.39 is 11.4 Å². The summed E-state index contributed by atoms with van der Waals surface area (Å²) in [6.07, 6.45) is 1.31. The van der Waals surface area contributed by atoms with E-state index in [2.05, 4.69) is 6.92 Å². The van der Waals surface area contributed by atoms with Crippen LogP contribution in [0, 0.1) is 11.3 Å². The average Bonchev–Trinajstić information content (AvgIpc) is 2.58. The zero-order valence-electron chi connectivity index (χ0n) is 12.3. The zero-order valence-corrected chi connectivity index (χ0v) is 12.3. The number of fused-ring (bicyclic) bond motifs is 1. The number of hydrogen-bond acceptors (Lipinski definition) is 3. The number of hydrogen-bond donors (Lipinski definition) is 1. The van der Waals surface area contributed by atoms with Gasteiger partial charge in [0.15, 0.2) is 11.5 Å². The lowest BCUT2D eigenvalue weighted by Gasteiger charge is -2.19. The first-order chi connectivity index (χ1) is 9.38. The van der Waals surface area contributed by atoms with Crippen LogP contribution in [0.5, 0.6) is 11.5 Å². The van der Waals surface area contributed by atoms with Gasteiger partial charge in [0, 0.05) is 5.92 Å². The number of rotatable bonds is 4. The lowest BCUT2D eigenvalue weighted by Crippen LogP contribution is -2.24. The second kappa shape index (κ2) is 5.73. The molecule has 1 aliphatic heterocycles. The molecule has 4 nitrogen and oxygen atoms in total. The van der Waals surface area contributed by atoms with E-state index in [1.54, 1.807) is 13.8 Å². The second-order valence-corrected chi connectivity index (χ2v) is 6.20. The topological polar surface area (TPSA) is 55.8 Å². The lowest BCUT2D eigenvalue weighted by atomic mass is 9.86. The van der Waals surface area contributed by atoms with Gasteiger partial charge < -0.3 is 14.6 Å². The van der Waals surface area contributed by atoms with Crippen LogP contribution in [0.15, 0.2) is 18.2 Å². The fraction of sp³-hybridized carbons (Fsp3) is 0.562. The van der Waals surface area contributed by atoms with Crippen LogP contribution in [-0.2, 0) is 11.2 Å². The van der Waals surface area contributed by atoms with Crippen molar-refractivity contribution in [1.29, 1.82) is 0 Å². The second-order valence-electron chi connectivity index (χ2n) is 6.20. The van der Waals surface area contributed by atoms with E-state index in [0.29, 0.717) is 32.0 Å². The van der Waals surface area contributed by atoms with Gasteiger partial charge in [-0.15, -0.1) is 0 Å². The smallest absolute Gasteiger partial charge is 0.309 e. The quantitative estimate of drug-likeness (QED) is 0.919. The summed E-state index contributed by atoms with van der Waals surface area (Å²) in [4.78, 5) is 11.1. The van der Waals surface area contributed by atoms with Gasteiger partial charge in [-0.2, -0.15) is 0 Å².